The smallest absolute Gasteiger partial charge is 0.257 e. The summed E-state index contributed by atoms with van der Waals surface area (Å²) in [6, 6.07) is 11.3. The van der Waals surface area contributed by atoms with Gasteiger partial charge in [-0.2, -0.15) is 0 Å². The summed E-state index contributed by atoms with van der Waals surface area (Å²) in [6.45, 7) is 3.27. The molecule has 4 nitrogen and oxygen atoms in total. The Balaban J connectivity index is 2.30. The highest BCUT2D eigenvalue weighted by Gasteiger charge is 2.21. The van der Waals surface area contributed by atoms with Gasteiger partial charge in [0.1, 0.15) is 18.2 Å². The van der Waals surface area contributed by atoms with E-state index in [1.165, 1.54) is 6.07 Å². The van der Waals surface area contributed by atoms with Crippen LogP contribution in [0.5, 0.6) is 5.75 Å². The van der Waals surface area contributed by atoms with Gasteiger partial charge >= 0.3 is 0 Å². The first-order chi connectivity index (χ1) is 12.1. The molecule has 25 heavy (non-hydrogen) atoms. The maximum absolute atomic E-state index is 14.0. The van der Waals surface area contributed by atoms with Crippen LogP contribution in [0.2, 0.25) is 5.02 Å². The fourth-order valence-corrected chi connectivity index (χ4v) is 2.66. The van der Waals surface area contributed by atoms with Gasteiger partial charge in [0.2, 0.25) is 0 Å². The third-order valence-corrected chi connectivity index (χ3v) is 3.88. The predicted octanol–water partition coefficient (Wildman–Crippen LogP) is 3.87. The first kappa shape index (κ1) is 19.2. The summed E-state index contributed by atoms with van der Waals surface area (Å²) < 4.78 is 19.5. The molecular formula is C19H22ClFN2O2. The molecule has 0 saturated carbocycles. The number of benzene rings is 2. The lowest BCUT2D eigenvalue weighted by Crippen LogP contribution is -2.32. The van der Waals surface area contributed by atoms with Gasteiger partial charge in [-0.15, -0.1) is 0 Å². The number of carbonyl (C=O) groups excluding carboxylic acids is 1. The molecular weight excluding hydrogens is 343 g/mol. The first-order valence-corrected chi connectivity index (χ1v) is 8.59. The maximum Gasteiger partial charge on any atom is 0.257 e. The van der Waals surface area contributed by atoms with E-state index in [0.29, 0.717) is 41.6 Å². The van der Waals surface area contributed by atoms with E-state index in [9.17, 15) is 9.18 Å². The number of rotatable bonds is 8. The van der Waals surface area contributed by atoms with Crippen LogP contribution in [0.1, 0.15) is 29.3 Å². The van der Waals surface area contributed by atoms with Crippen molar-refractivity contribution in [2.75, 3.05) is 19.7 Å². The molecule has 0 spiro atoms. The standard InChI is InChI=1S/C19H22ClFN2O2/c1-2-10-23(13-14-5-3-4-6-17(14)21)19(24)16-12-15(20)7-8-18(16)25-11-9-22/h3-8,12H,2,9-11,13,22H2,1H3. The summed E-state index contributed by atoms with van der Waals surface area (Å²) in [5, 5.41) is 0.436. The van der Waals surface area contributed by atoms with Gasteiger partial charge in [0.05, 0.1) is 5.56 Å². The second-order valence-electron chi connectivity index (χ2n) is 5.60. The van der Waals surface area contributed by atoms with Crippen molar-refractivity contribution < 1.29 is 13.9 Å². The minimum atomic E-state index is -0.331. The Morgan fingerprint density at radius 2 is 2.04 bits per heavy atom. The van der Waals surface area contributed by atoms with Gasteiger partial charge in [-0.1, -0.05) is 36.7 Å². The van der Waals surface area contributed by atoms with Gasteiger partial charge in [-0.25, -0.2) is 4.39 Å². The average molecular weight is 365 g/mol. The van der Waals surface area contributed by atoms with Crippen molar-refractivity contribution in [1.82, 2.24) is 4.90 Å². The van der Waals surface area contributed by atoms with E-state index in [2.05, 4.69) is 0 Å². The van der Waals surface area contributed by atoms with Crippen LogP contribution in [-0.2, 0) is 6.54 Å². The second-order valence-corrected chi connectivity index (χ2v) is 6.03. The third kappa shape index (κ3) is 5.18. The van der Waals surface area contributed by atoms with E-state index >= 15 is 0 Å². The number of amides is 1. The zero-order valence-electron chi connectivity index (χ0n) is 14.2. The van der Waals surface area contributed by atoms with Gasteiger partial charge in [0.25, 0.3) is 5.91 Å². The van der Waals surface area contributed by atoms with E-state index in [-0.39, 0.29) is 18.3 Å². The minimum Gasteiger partial charge on any atom is -0.491 e. The third-order valence-electron chi connectivity index (χ3n) is 3.65. The van der Waals surface area contributed by atoms with E-state index in [4.69, 9.17) is 22.1 Å². The highest BCUT2D eigenvalue weighted by molar-refractivity contribution is 6.31. The Morgan fingerprint density at radius 1 is 1.28 bits per heavy atom. The minimum absolute atomic E-state index is 0.183. The van der Waals surface area contributed by atoms with E-state index in [0.717, 1.165) is 6.42 Å². The van der Waals surface area contributed by atoms with Crippen LogP contribution in [-0.4, -0.2) is 30.5 Å². The van der Waals surface area contributed by atoms with Crippen LogP contribution in [0.25, 0.3) is 0 Å². The van der Waals surface area contributed by atoms with Crippen LogP contribution < -0.4 is 10.5 Å². The molecule has 134 valence electrons. The summed E-state index contributed by atoms with van der Waals surface area (Å²) in [5.74, 6) is -0.156. The molecule has 0 saturated heterocycles. The molecule has 0 atom stereocenters. The molecule has 0 heterocycles. The Bertz CT molecular complexity index is 724. The van der Waals surface area contributed by atoms with Crippen LogP contribution in [0, 0.1) is 5.82 Å². The molecule has 6 heteroatoms. The lowest BCUT2D eigenvalue weighted by molar-refractivity contribution is 0.0737. The zero-order chi connectivity index (χ0) is 18.2. The molecule has 2 aromatic rings. The molecule has 0 bridgehead atoms. The second kappa shape index (κ2) is 9.39. The van der Waals surface area contributed by atoms with Crippen molar-refractivity contribution in [2.45, 2.75) is 19.9 Å². The lowest BCUT2D eigenvalue weighted by atomic mass is 10.1. The molecule has 0 radical (unpaired) electrons. The van der Waals surface area contributed by atoms with Crippen LogP contribution in [0.4, 0.5) is 4.39 Å². The summed E-state index contributed by atoms with van der Waals surface area (Å²) >= 11 is 6.05. The lowest BCUT2D eigenvalue weighted by Gasteiger charge is -2.24. The molecule has 0 aliphatic carbocycles. The molecule has 1 amide bonds. The Hall–Kier alpha value is -2.11. The maximum atomic E-state index is 14.0. The van der Waals surface area contributed by atoms with Gasteiger partial charge in [0.15, 0.2) is 0 Å². The number of hydrogen-bond donors (Lipinski definition) is 1. The van der Waals surface area contributed by atoms with E-state index in [1.807, 2.05) is 6.92 Å². The van der Waals surface area contributed by atoms with Crippen molar-refractivity contribution in [2.24, 2.45) is 5.73 Å². The number of nitrogens with zero attached hydrogens (tertiary/aromatic N) is 1. The largest absolute Gasteiger partial charge is 0.491 e. The molecule has 0 aliphatic heterocycles. The van der Waals surface area contributed by atoms with Crippen molar-refractivity contribution in [1.29, 1.82) is 0 Å². The summed E-state index contributed by atoms with van der Waals surface area (Å²) in [6.07, 6.45) is 0.750. The number of halogens is 2. The number of nitrogens with two attached hydrogens (primary N) is 1. The van der Waals surface area contributed by atoms with Crippen LogP contribution in [0.15, 0.2) is 42.5 Å². The molecule has 2 rings (SSSR count). The molecule has 0 aromatic heterocycles. The fraction of sp³-hybridized carbons (Fsp3) is 0.316. The van der Waals surface area contributed by atoms with Crippen molar-refractivity contribution in [3.8, 4) is 5.75 Å². The van der Waals surface area contributed by atoms with Gasteiger partial charge < -0.3 is 15.4 Å². The van der Waals surface area contributed by atoms with Crippen LogP contribution >= 0.6 is 11.6 Å². The Labute approximate surface area is 152 Å². The van der Waals surface area contributed by atoms with Crippen molar-refractivity contribution in [3.05, 3.63) is 64.4 Å². The summed E-state index contributed by atoms with van der Waals surface area (Å²) in [5.41, 5.74) is 6.29. The Kier molecular flexibility index (Phi) is 7.22. The number of ether oxygens (including phenoxy) is 1. The summed E-state index contributed by atoms with van der Waals surface area (Å²) in [7, 11) is 0. The van der Waals surface area contributed by atoms with Crippen molar-refractivity contribution in [3.63, 3.8) is 0 Å². The Morgan fingerprint density at radius 3 is 2.72 bits per heavy atom. The van der Waals surface area contributed by atoms with Gasteiger partial charge in [0, 0.05) is 30.2 Å². The highest BCUT2D eigenvalue weighted by Crippen LogP contribution is 2.25. The highest BCUT2D eigenvalue weighted by atomic mass is 35.5. The van der Waals surface area contributed by atoms with Gasteiger partial charge in [-0.05, 0) is 30.7 Å². The normalized spacial score (nSPS) is 10.6. The molecule has 2 aromatic carbocycles. The molecule has 0 unspecified atom stereocenters. The monoisotopic (exact) mass is 364 g/mol. The van der Waals surface area contributed by atoms with Crippen molar-refractivity contribution >= 4 is 17.5 Å². The summed E-state index contributed by atoms with van der Waals surface area (Å²) in [4.78, 5) is 14.6. The molecule has 2 N–H and O–H groups in total. The molecule has 0 aliphatic rings. The van der Waals surface area contributed by atoms with Crippen LogP contribution in [0.3, 0.4) is 0 Å². The molecule has 0 fully saturated rings. The van der Waals surface area contributed by atoms with E-state index in [1.54, 1.807) is 41.3 Å². The SMILES string of the molecule is CCCN(Cc1ccccc1F)C(=O)c1cc(Cl)ccc1OCCN. The average Bonchev–Trinajstić information content (AvgIpc) is 2.61. The number of hydrogen-bond acceptors (Lipinski definition) is 3. The van der Waals surface area contributed by atoms with E-state index < -0.39 is 0 Å². The first-order valence-electron chi connectivity index (χ1n) is 8.22. The number of carbonyl (C=O) groups is 1. The predicted molar refractivity (Wildman–Crippen MR) is 97.4 cm³/mol. The fourth-order valence-electron chi connectivity index (χ4n) is 2.49. The van der Waals surface area contributed by atoms with Gasteiger partial charge in [-0.3, -0.25) is 4.79 Å². The topological polar surface area (TPSA) is 55.6 Å². The quantitative estimate of drug-likeness (QED) is 0.773. The zero-order valence-corrected chi connectivity index (χ0v) is 14.9.